The lowest BCUT2D eigenvalue weighted by Crippen LogP contribution is -2.75. The number of sulfonamides is 1. The predicted octanol–water partition coefficient (Wildman–Crippen LogP) is 3.29. The summed E-state index contributed by atoms with van der Waals surface area (Å²) in [6.07, 6.45) is -11.8. The summed E-state index contributed by atoms with van der Waals surface area (Å²) in [5.41, 5.74) is 0. The van der Waals surface area contributed by atoms with Crippen LogP contribution in [0.15, 0.2) is 0 Å². The molecule has 0 saturated carbocycles. The van der Waals surface area contributed by atoms with Crippen molar-refractivity contribution in [3.63, 3.8) is 0 Å². The lowest BCUT2D eigenvalue weighted by atomic mass is 9.91. The topological polar surface area (TPSA) is 132 Å². The van der Waals surface area contributed by atoms with E-state index >= 15 is 0 Å². The van der Waals surface area contributed by atoms with E-state index in [1.807, 2.05) is 0 Å². The number of nitrogens with zero attached hydrogens (tertiary/aromatic N) is 2. The Hall–Kier alpha value is -1.49. The Balaban J connectivity index is 7.13. The number of alkyl halides is 17. The van der Waals surface area contributed by atoms with Crippen molar-refractivity contribution in [1.82, 2.24) is 4.31 Å². The van der Waals surface area contributed by atoms with Gasteiger partial charge >= 0.3 is 47.0 Å². The molecule has 0 aliphatic rings. The monoisotopic (exact) mass is 767 g/mol. The maximum atomic E-state index is 14.7. The summed E-state index contributed by atoms with van der Waals surface area (Å²) < 4.78 is 285. The molecule has 1 atom stereocenters. The van der Waals surface area contributed by atoms with E-state index in [1.165, 1.54) is 14.1 Å². The molecule has 0 heterocycles. The van der Waals surface area contributed by atoms with Gasteiger partial charge in [0.05, 0.1) is 33.4 Å². The lowest BCUT2D eigenvalue weighted by Gasteiger charge is -2.43. The Morgan fingerprint density at radius 2 is 1.02 bits per heavy atom. The average Bonchev–Trinajstić information content (AvgIpc) is 2.80. The van der Waals surface area contributed by atoms with E-state index in [0.29, 0.717) is 0 Å². The van der Waals surface area contributed by atoms with E-state index in [-0.39, 0.29) is 11.0 Å². The van der Waals surface area contributed by atoms with Crippen LogP contribution in [0.4, 0.5) is 74.6 Å². The number of likely N-dealkylation sites (N-methyl/N-ethyl adjacent to an activating group) is 1. The Kier molecular flexibility index (Phi) is 12.7. The van der Waals surface area contributed by atoms with E-state index in [9.17, 15) is 96.6 Å². The molecule has 0 aromatic carbocycles. The van der Waals surface area contributed by atoms with Crippen molar-refractivity contribution < 1.29 is 111 Å². The van der Waals surface area contributed by atoms with E-state index < -0.39 is 116 Å². The highest BCUT2D eigenvalue weighted by molar-refractivity contribution is 7.90. The molecule has 0 aromatic heterocycles. The van der Waals surface area contributed by atoms with Crippen LogP contribution in [0.5, 0.6) is 0 Å². The fraction of sp³-hybridized carbons (Fsp3) is 1.00. The SMILES string of the molecule is C[N+](C)(CCO)CCCN(CC(O)CS(=O)(=O)O)S(=O)(=O)C(F)(F)C(F)(F)C(F)(F)C(F)(F)C(F)(F)C(F)(F)C(F)(F)C(F)(F)F. The zero-order chi connectivity index (χ0) is 37.6. The Labute approximate surface area is 247 Å². The van der Waals surface area contributed by atoms with Gasteiger partial charge in [-0.1, -0.05) is 0 Å². The van der Waals surface area contributed by atoms with Gasteiger partial charge in [-0.15, -0.1) is 0 Å². The van der Waals surface area contributed by atoms with E-state index in [2.05, 4.69) is 0 Å². The number of hydrogen-bond donors (Lipinski definition) is 3. The molecule has 0 aliphatic heterocycles. The molecule has 0 radical (unpaired) electrons. The molecule has 0 spiro atoms. The molecule has 9 nitrogen and oxygen atoms in total. The summed E-state index contributed by atoms with van der Waals surface area (Å²) in [6.45, 7) is -5.17. The van der Waals surface area contributed by atoms with Gasteiger partial charge in [0.25, 0.3) is 20.1 Å². The van der Waals surface area contributed by atoms with Crippen molar-refractivity contribution in [3.8, 4) is 0 Å². The quantitative estimate of drug-likeness (QED) is 0.111. The van der Waals surface area contributed by atoms with E-state index in [0.717, 1.165) is 0 Å². The minimum atomic E-state index is -9.04. The van der Waals surface area contributed by atoms with Crippen LogP contribution in [0.25, 0.3) is 0 Å². The van der Waals surface area contributed by atoms with Gasteiger partial charge in [-0.05, 0) is 0 Å². The minimum absolute atomic E-state index is 0.208. The summed E-state index contributed by atoms with van der Waals surface area (Å²) >= 11 is 0. The first-order valence-corrected chi connectivity index (χ1v) is 14.6. The molecular weight excluding hydrogens is 743 g/mol. The summed E-state index contributed by atoms with van der Waals surface area (Å²) in [5.74, 6) is -54.8. The Bertz CT molecular complexity index is 1270. The highest BCUT2D eigenvalue weighted by Gasteiger charge is 2.96. The third-order valence-electron chi connectivity index (χ3n) is 6.05. The fourth-order valence-electron chi connectivity index (χ4n) is 3.37. The zero-order valence-corrected chi connectivity index (χ0v) is 24.3. The molecule has 3 N–H and O–H groups in total. The van der Waals surface area contributed by atoms with Crippen LogP contribution in [0.1, 0.15) is 6.42 Å². The fourth-order valence-corrected chi connectivity index (χ4v) is 5.48. The second-order valence-electron chi connectivity index (χ2n) is 10.2. The smallest absolute Gasteiger partial charge is 0.391 e. The normalized spacial score (nSPS) is 16.7. The van der Waals surface area contributed by atoms with E-state index in [1.54, 1.807) is 0 Å². The van der Waals surface area contributed by atoms with Crippen LogP contribution in [-0.4, -0.2) is 146 Å². The maximum Gasteiger partial charge on any atom is 0.460 e. The second-order valence-corrected chi connectivity index (χ2v) is 13.7. The number of aliphatic hydroxyl groups excluding tert-OH is 2. The van der Waals surface area contributed by atoms with Crippen molar-refractivity contribution >= 4 is 20.1 Å². The highest BCUT2D eigenvalue weighted by Crippen LogP contribution is 2.64. The number of quaternary nitrogens is 1. The molecule has 0 amide bonds. The first kappa shape index (κ1) is 44.5. The molecular formula is C18H24F17N2O7S2+. The minimum Gasteiger partial charge on any atom is -0.391 e. The van der Waals surface area contributed by atoms with Crippen LogP contribution >= 0.6 is 0 Å². The predicted molar refractivity (Wildman–Crippen MR) is 117 cm³/mol. The van der Waals surface area contributed by atoms with Crippen molar-refractivity contribution in [1.29, 1.82) is 0 Å². The first-order chi connectivity index (χ1) is 19.8. The van der Waals surface area contributed by atoms with Gasteiger partial charge in [-0.3, -0.25) is 4.55 Å². The number of rotatable bonds is 18. The van der Waals surface area contributed by atoms with Crippen LogP contribution in [0, 0.1) is 0 Å². The summed E-state index contributed by atoms with van der Waals surface area (Å²) in [7, 11) is -10.7. The number of halogens is 17. The highest BCUT2D eigenvalue weighted by atomic mass is 32.2. The second kappa shape index (κ2) is 13.1. The summed E-state index contributed by atoms with van der Waals surface area (Å²) in [5, 5.41) is 10.7. The number of aliphatic hydroxyl groups is 2. The third-order valence-corrected chi connectivity index (χ3v) is 8.77. The van der Waals surface area contributed by atoms with Crippen LogP contribution in [-0.2, 0) is 20.1 Å². The van der Waals surface area contributed by atoms with E-state index in [4.69, 9.17) is 9.66 Å². The van der Waals surface area contributed by atoms with Gasteiger partial charge < -0.3 is 14.7 Å². The van der Waals surface area contributed by atoms with Crippen LogP contribution in [0.3, 0.4) is 0 Å². The van der Waals surface area contributed by atoms with Gasteiger partial charge in [-0.2, -0.15) is 87.4 Å². The molecule has 0 saturated heterocycles. The molecule has 0 rings (SSSR count). The largest absolute Gasteiger partial charge is 0.460 e. The molecule has 0 fully saturated rings. The number of hydrogen-bond acceptors (Lipinski definition) is 6. The zero-order valence-electron chi connectivity index (χ0n) is 22.6. The molecule has 28 heteroatoms. The van der Waals surface area contributed by atoms with Crippen LogP contribution < -0.4 is 0 Å². The van der Waals surface area contributed by atoms with Crippen molar-refractivity contribution in [2.75, 3.05) is 52.6 Å². The van der Waals surface area contributed by atoms with Gasteiger partial charge in [0.1, 0.15) is 12.3 Å². The lowest BCUT2D eigenvalue weighted by molar-refractivity contribution is -0.890. The Morgan fingerprint density at radius 1 is 0.652 bits per heavy atom. The molecule has 0 aromatic rings. The summed E-state index contributed by atoms with van der Waals surface area (Å²) in [4.78, 5) is 0. The molecule has 0 bridgehead atoms. The van der Waals surface area contributed by atoms with Crippen molar-refractivity contribution in [2.24, 2.45) is 0 Å². The van der Waals surface area contributed by atoms with Crippen LogP contribution in [0.2, 0.25) is 0 Å². The van der Waals surface area contributed by atoms with Gasteiger partial charge in [0.2, 0.25) is 0 Å². The van der Waals surface area contributed by atoms with Gasteiger partial charge in [-0.25, -0.2) is 8.42 Å². The molecule has 278 valence electrons. The molecule has 1 unspecified atom stereocenters. The average molecular weight is 767 g/mol. The van der Waals surface area contributed by atoms with Gasteiger partial charge in [0, 0.05) is 19.5 Å². The van der Waals surface area contributed by atoms with Crippen molar-refractivity contribution in [2.45, 2.75) is 59.5 Å². The first-order valence-electron chi connectivity index (χ1n) is 11.5. The van der Waals surface area contributed by atoms with Crippen molar-refractivity contribution in [3.05, 3.63) is 0 Å². The third kappa shape index (κ3) is 7.86. The maximum absolute atomic E-state index is 14.7. The van der Waals surface area contributed by atoms with Gasteiger partial charge in [0.15, 0.2) is 0 Å². The molecule has 46 heavy (non-hydrogen) atoms. The Morgan fingerprint density at radius 3 is 1.37 bits per heavy atom. The molecule has 0 aliphatic carbocycles. The standard InChI is InChI=1S/C18H23F17N2O7S2/c1-37(2,6-7-38)5-3-4-36(8-10(39)9-45(40,41)42)46(43,44)18(34,35)16(29,30)14(25,26)12(21,22)11(19,20)13(23,24)15(27,28)17(31,32)33/h10,38-39H,3-9H2,1-2H3/p+1. The summed E-state index contributed by atoms with van der Waals surface area (Å²) in [6, 6.07) is 0.